The van der Waals surface area contributed by atoms with Crippen LogP contribution < -0.4 is 0 Å². The molecule has 4 rings (SSSR count). The Labute approximate surface area is 179 Å². The number of methoxy groups -OCH3 is 1. The van der Waals surface area contributed by atoms with Gasteiger partial charge in [0.1, 0.15) is 6.04 Å². The zero-order chi connectivity index (χ0) is 21.3. The van der Waals surface area contributed by atoms with Crippen LogP contribution in [0.25, 0.3) is 11.1 Å². The molecule has 1 aliphatic rings. The SMILES string of the molecule is COC(=O)N(C1c2ccccc2-c2ccccc21)[C@H](Cc1ccccc1Cl)C(=O)O. The van der Waals surface area contributed by atoms with Gasteiger partial charge in [-0.1, -0.05) is 78.3 Å². The molecule has 0 saturated carbocycles. The zero-order valence-corrected chi connectivity index (χ0v) is 17.0. The van der Waals surface area contributed by atoms with Gasteiger partial charge in [-0.05, 0) is 33.9 Å². The molecule has 3 aromatic rings. The first-order valence-corrected chi connectivity index (χ1v) is 9.91. The number of hydrogen-bond donors (Lipinski definition) is 1. The fraction of sp³-hybridized carbons (Fsp3) is 0.167. The Hall–Kier alpha value is -3.31. The number of ether oxygens (including phenoxy) is 1. The first kappa shape index (κ1) is 20.0. The van der Waals surface area contributed by atoms with Crippen LogP contribution in [0.2, 0.25) is 5.02 Å². The van der Waals surface area contributed by atoms with Gasteiger partial charge in [-0.3, -0.25) is 4.90 Å². The van der Waals surface area contributed by atoms with Gasteiger partial charge in [-0.25, -0.2) is 9.59 Å². The summed E-state index contributed by atoms with van der Waals surface area (Å²) in [5.74, 6) is -1.12. The van der Waals surface area contributed by atoms with Gasteiger partial charge < -0.3 is 9.84 Å². The average Bonchev–Trinajstić information content (AvgIpc) is 3.09. The second kappa shape index (κ2) is 8.20. The maximum Gasteiger partial charge on any atom is 0.411 e. The summed E-state index contributed by atoms with van der Waals surface area (Å²) in [6.07, 6.45) is -0.642. The molecule has 0 aromatic heterocycles. The van der Waals surface area contributed by atoms with E-state index in [-0.39, 0.29) is 6.42 Å². The molecular formula is C24H20ClNO4. The Balaban J connectivity index is 1.86. The summed E-state index contributed by atoms with van der Waals surface area (Å²) in [7, 11) is 1.26. The number of fused-ring (bicyclic) bond motifs is 3. The number of nitrogens with zero attached hydrogens (tertiary/aromatic N) is 1. The molecule has 6 heteroatoms. The molecular weight excluding hydrogens is 402 g/mol. The molecule has 0 radical (unpaired) electrons. The Morgan fingerprint density at radius 2 is 1.50 bits per heavy atom. The van der Waals surface area contributed by atoms with Gasteiger partial charge in [0.15, 0.2) is 0 Å². The smallest absolute Gasteiger partial charge is 0.411 e. The van der Waals surface area contributed by atoms with Gasteiger partial charge in [0.05, 0.1) is 13.2 Å². The third kappa shape index (κ3) is 3.42. The highest BCUT2D eigenvalue weighted by molar-refractivity contribution is 6.31. The quantitative estimate of drug-likeness (QED) is 0.616. The van der Waals surface area contributed by atoms with E-state index in [0.29, 0.717) is 10.6 Å². The number of carboxylic acid groups (broad SMARTS) is 1. The van der Waals surface area contributed by atoms with E-state index >= 15 is 0 Å². The lowest BCUT2D eigenvalue weighted by Gasteiger charge is -2.34. The monoisotopic (exact) mass is 421 g/mol. The number of carbonyl (C=O) groups excluding carboxylic acids is 1. The first-order chi connectivity index (χ1) is 14.5. The standard InChI is InChI=1S/C24H20ClNO4/c1-30-24(29)26(21(23(27)28)14-15-8-2-7-13-20(15)25)22-18-11-5-3-9-16(18)17-10-4-6-12-19(17)22/h2-13,21-22H,14H2,1H3,(H,27,28)/t21-/m1/s1. The summed E-state index contributed by atoms with van der Waals surface area (Å²) in [6, 6.07) is 20.7. The Morgan fingerprint density at radius 3 is 2.03 bits per heavy atom. The van der Waals surface area contributed by atoms with Crippen LogP contribution in [-0.4, -0.2) is 35.2 Å². The summed E-state index contributed by atoms with van der Waals surface area (Å²) >= 11 is 6.29. The van der Waals surface area contributed by atoms with Crippen LogP contribution in [-0.2, 0) is 16.0 Å². The minimum atomic E-state index is -1.17. The van der Waals surface area contributed by atoms with Gasteiger partial charge >= 0.3 is 12.1 Å². The molecule has 1 N–H and O–H groups in total. The predicted molar refractivity (Wildman–Crippen MR) is 115 cm³/mol. The van der Waals surface area contributed by atoms with Crippen LogP contribution in [0.15, 0.2) is 72.8 Å². The number of halogens is 1. The van der Waals surface area contributed by atoms with Crippen molar-refractivity contribution in [2.75, 3.05) is 7.11 Å². The highest BCUT2D eigenvalue weighted by Gasteiger charge is 2.42. The van der Waals surface area contributed by atoms with E-state index in [1.807, 2.05) is 48.5 Å². The van der Waals surface area contributed by atoms with E-state index in [4.69, 9.17) is 16.3 Å². The lowest BCUT2D eigenvalue weighted by molar-refractivity contribution is -0.143. The molecule has 0 heterocycles. The third-order valence-corrected chi connectivity index (χ3v) is 5.83. The van der Waals surface area contributed by atoms with E-state index in [1.165, 1.54) is 12.0 Å². The average molecular weight is 422 g/mol. The summed E-state index contributed by atoms with van der Waals surface area (Å²) < 4.78 is 5.04. The van der Waals surface area contributed by atoms with Crippen molar-refractivity contribution in [1.82, 2.24) is 4.90 Å². The number of rotatable bonds is 5. The highest BCUT2D eigenvalue weighted by Crippen LogP contribution is 2.47. The van der Waals surface area contributed by atoms with Gasteiger partial charge in [-0.15, -0.1) is 0 Å². The molecule has 3 aromatic carbocycles. The van der Waals surface area contributed by atoms with E-state index in [2.05, 4.69) is 0 Å². The van der Waals surface area contributed by atoms with Crippen molar-refractivity contribution in [1.29, 1.82) is 0 Å². The molecule has 1 aliphatic carbocycles. The summed E-state index contributed by atoms with van der Waals surface area (Å²) in [5.41, 5.74) is 4.35. The second-order valence-corrected chi connectivity index (χ2v) is 7.51. The van der Waals surface area contributed by atoms with E-state index in [0.717, 1.165) is 22.3 Å². The molecule has 0 spiro atoms. The third-order valence-electron chi connectivity index (χ3n) is 5.46. The largest absolute Gasteiger partial charge is 0.480 e. The number of hydrogen-bond acceptors (Lipinski definition) is 3. The molecule has 30 heavy (non-hydrogen) atoms. The maximum atomic E-state index is 12.9. The van der Waals surface area contributed by atoms with E-state index in [9.17, 15) is 14.7 Å². The fourth-order valence-corrected chi connectivity index (χ4v) is 4.34. The zero-order valence-electron chi connectivity index (χ0n) is 16.3. The van der Waals surface area contributed by atoms with Crippen molar-refractivity contribution in [3.05, 3.63) is 94.5 Å². The van der Waals surface area contributed by atoms with Crippen LogP contribution in [0.5, 0.6) is 0 Å². The van der Waals surface area contributed by atoms with Gasteiger partial charge in [0.2, 0.25) is 0 Å². The maximum absolute atomic E-state index is 12.9. The number of benzene rings is 3. The van der Waals surface area contributed by atoms with Crippen molar-refractivity contribution in [3.8, 4) is 11.1 Å². The molecule has 1 amide bonds. The summed E-state index contributed by atoms with van der Waals surface area (Å²) in [5, 5.41) is 10.6. The van der Waals surface area contributed by atoms with Crippen molar-refractivity contribution < 1.29 is 19.4 Å². The van der Waals surface area contributed by atoms with Crippen molar-refractivity contribution in [3.63, 3.8) is 0 Å². The van der Waals surface area contributed by atoms with Crippen molar-refractivity contribution in [2.24, 2.45) is 0 Å². The number of carboxylic acids is 1. The molecule has 0 aliphatic heterocycles. The lowest BCUT2D eigenvalue weighted by Crippen LogP contribution is -2.48. The van der Waals surface area contributed by atoms with Crippen LogP contribution in [0.4, 0.5) is 4.79 Å². The highest BCUT2D eigenvalue weighted by atomic mass is 35.5. The minimum absolute atomic E-state index is 0.0605. The van der Waals surface area contributed by atoms with Crippen LogP contribution >= 0.6 is 11.6 Å². The number of aliphatic carboxylic acids is 1. The van der Waals surface area contributed by atoms with Crippen LogP contribution in [0, 0.1) is 0 Å². The summed E-state index contributed by atoms with van der Waals surface area (Å²) in [6.45, 7) is 0. The second-order valence-electron chi connectivity index (χ2n) is 7.10. The Kier molecular flexibility index (Phi) is 5.46. The molecule has 0 unspecified atom stereocenters. The fourth-order valence-electron chi connectivity index (χ4n) is 4.12. The van der Waals surface area contributed by atoms with E-state index < -0.39 is 24.1 Å². The number of carbonyl (C=O) groups is 2. The Bertz CT molecular complexity index is 1070. The topological polar surface area (TPSA) is 66.8 Å². The molecule has 0 bridgehead atoms. The van der Waals surface area contributed by atoms with Crippen LogP contribution in [0.3, 0.4) is 0 Å². The predicted octanol–water partition coefficient (Wildman–Crippen LogP) is 5.17. The molecule has 0 saturated heterocycles. The molecule has 1 atom stereocenters. The van der Waals surface area contributed by atoms with Crippen LogP contribution in [0.1, 0.15) is 22.7 Å². The molecule has 152 valence electrons. The van der Waals surface area contributed by atoms with Crippen molar-refractivity contribution >= 4 is 23.7 Å². The lowest BCUT2D eigenvalue weighted by atomic mass is 9.98. The van der Waals surface area contributed by atoms with Gasteiger partial charge in [0, 0.05) is 11.4 Å². The van der Waals surface area contributed by atoms with Gasteiger partial charge in [0.25, 0.3) is 0 Å². The van der Waals surface area contributed by atoms with E-state index in [1.54, 1.807) is 24.3 Å². The first-order valence-electron chi connectivity index (χ1n) is 9.53. The normalized spacial score (nSPS) is 13.3. The minimum Gasteiger partial charge on any atom is -0.480 e. The molecule has 5 nitrogen and oxygen atoms in total. The van der Waals surface area contributed by atoms with Gasteiger partial charge in [-0.2, -0.15) is 0 Å². The molecule has 0 fully saturated rings. The number of amides is 1. The summed E-state index contributed by atoms with van der Waals surface area (Å²) in [4.78, 5) is 26.6. The Morgan fingerprint density at radius 1 is 0.967 bits per heavy atom. The van der Waals surface area contributed by atoms with Crippen molar-refractivity contribution in [2.45, 2.75) is 18.5 Å².